The molecular weight excluding hydrogens is 326 g/mol. The van der Waals surface area contributed by atoms with E-state index >= 15 is 0 Å². The van der Waals surface area contributed by atoms with Crippen LogP contribution in [-0.4, -0.2) is 35.2 Å². The fourth-order valence-corrected chi connectivity index (χ4v) is 4.26. The molecule has 0 aliphatic carbocycles. The lowest BCUT2D eigenvalue weighted by Crippen LogP contribution is -2.44. The van der Waals surface area contributed by atoms with Gasteiger partial charge in [0.25, 0.3) is 15.8 Å². The third kappa shape index (κ3) is 3.28. The highest BCUT2D eigenvalue weighted by Crippen LogP contribution is 2.21. The van der Waals surface area contributed by atoms with E-state index in [1.165, 1.54) is 13.2 Å². The van der Waals surface area contributed by atoms with Crippen molar-refractivity contribution in [1.82, 2.24) is 13.2 Å². The normalized spacial score (nSPS) is 15.5. The van der Waals surface area contributed by atoms with E-state index in [0.29, 0.717) is 26.1 Å². The van der Waals surface area contributed by atoms with Gasteiger partial charge in [-0.2, -0.15) is 17.0 Å². The summed E-state index contributed by atoms with van der Waals surface area (Å²) in [5.74, 6) is 0. The van der Waals surface area contributed by atoms with Crippen molar-refractivity contribution in [1.29, 1.82) is 0 Å². The summed E-state index contributed by atoms with van der Waals surface area (Å²) in [6.45, 7) is 1.02. The van der Waals surface area contributed by atoms with Gasteiger partial charge in [0.1, 0.15) is 0 Å². The van der Waals surface area contributed by atoms with E-state index in [0.717, 1.165) is 16.7 Å². The van der Waals surface area contributed by atoms with Crippen molar-refractivity contribution in [2.75, 3.05) is 13.6 Å². The first kappa shape index (κ1) is 16.9. The molecule has 0 fully saturated rings. The van der Waals surface area contributed by atoms with Crippen molar-refractivity contribution in [2.45, 2.75) is 19.5 Å². The zero-order chi connectivity index (χ0) is 17.3. The Hall–Kier alpha value is -1.96. The summed E-state index contributed by atoms with van der Waals surface area (Å²) in [5.41, 5.74) is 2.71. The van der Waals surface area contributed by atoms with Crippen LogP contribution in [0.4, 0.5) is 0 Å². The molecule has 0 atom stereocenters. The molecule has 1 aromatic heterocycles. The molecule has 0 bridgehead atoms. The Morgan fingerprint density at radius 3 is 2.58 bits per heavy atom. The number of benzene rings is 1. The summed E-state index contributed by atoms with van der Waals surface area (Å²) in [7, 11) is -0.273. The summed E-state index contributed by atoms with van der Waals surface area (Å²) in [4.78, 5) is 11.7. The molecule has 0 spiro atoms. The van der Waals surface area contributed by atoms with Crippen LogP contribution in [-0.2, 0) is 36.8 Å². The average molecular weight is 347 g/mol. The second-order valence-corrected chi connectivity index (χ2v) is 8.14. The predicted molar refractivity (Wildman–Crippen MR) is 92.6 cm³/mol. The quantitative estimate of drug-likeness (QED) is 0.833. The van der Waals surface area contributed by atoms with Gasteiger partial charge in [0, 0.05) is 46.0 Å². The van der Waals surface area contributed by atoms with Gasteiger partial charge < -0.3 is 4.57 Å². The van der Waals surface area contributed by atoms with Crippen LogP contribution in [0.5, 0.6) is 0 Å². The Labute approximate surface area is 142 Å². The molecule has 3 rings (SSSR count). The van der Waals surface area contributed by atoms with Crippen LogP contribution in [0.15, 0.2) is 47.4 Å². The molecule has 0 amide bonds. The van der Waals surface area contributed by atoms with Gasteiger partial charge in [-0.05, 0) is 23.1 Å². The second kappa shape index (κ2) is 6.51. The molecule has 6 nitrogen and oxygen atoms in total. The molecule has 1 aliphatic rings. The molecule has 1 aromatic carbocycles. The van der Waals surface area contributed by atoms with Gasteiger partial charge in [-0.15, -0.1) is 0 Å². The molecule has 24 heavy (non-hydrogen) atoms. The van der Waals surface area contributed by atoms with E-state index in [-0.39, 0.29) is 5.56 Å². The van der Waals surface area contributed by atoms with Crippen molar-refractivity contribution >= 4 is 10.2 Å². The first-order valence-electron chi connectivity index (χ1n) is 7.81. The monoisotopic (exact) mass is 347 g/mol. The molecule has 0 unspecified atom stereocenters. The first-order valence-corrected chi connectivity index (χ1v) is 9.21. The third-order valence-corrected chi connectivity index (χ3v) is 6.23. The average Bonchev–Trinajstić information content (AvgIpc) is 2.56. The second-order valence-electron chi connectivity index (χ2n) is 6.11. The van der Waals surface area contributed by atoms with Gasteiger partial charge in [-0.3, -0.25) is 4.79 Å². The minimum absolute atomic E-state index is 0.0637. The number of aromatic nitrogens is 1. The van der Waals surface area contributed by atoms with Crippen LogP contribution < -0.4 is 5.56 Å². The Kier molecular flexibility index (Phi) is 4.58. The molecular formula is C17H21N3O3S. The van der Waals surface area contributed by atoms with Gasteiger partial charge >= 0.3 is 0 Å². The maximum atomic E-state index is 12.8. The molecule has 2 aromatic rings. The number of nitrogens with zero attached hydrogens (tertiary/aromatic N) is 3. The summed E-state index contributed by atoms with van der Waals surface area (Å²) in [6.07, 6.45) is 2.29. The SMILES string of the molecule is CN(Cc1ccccc1)S(=O)(=O)N1CCc2cc(=O)n(C)cc2C1. The molecule has 0 N–H and O–H groups in total. The fraction of sp³-hybridized carbons (Fsp3) is 0.353. The Morgan fingerprint density at radius 1 is 1.17 bits per heavy atom. The van der Waals surface area contributed by atoms with Crippen LogP contribution in [0.1, 0.15) is 16.7 Å². The minimum Gasteiger partial charge on any atom is -0.318 e. The summed E-state index contributed by atoms with van der Waals surface area (Å²) in [6, 6.07) is 11.1. The molecule has 7 heteroatoms. The highest BCUT2D eigenvalue weighted by molar-refractivity contribution is 7.86. The minimum atomic E-state index is -3.55. The smallest absolute Gasteiger partial charge is 0.282 e. The molecule has 1 aliphatic heterocycles. The van der Waals surface area contributed by atoms with E-state index in [2.05, 4.69) is 0 Å². The van der Waals surface area contributed by atoms with Gasteiger partial charge in [0.2, 0.25) is 0 Å². The van der Waals surface area contributed by atoms with Crippen molar-refractivity contribution in [3.8, 4) is 0 Å². The third-order valence-electron chi connectivity index (χ3n) is 4.35. The summed E-state index contributed by atoms with van der Waals surface area (Å²) in [5, 5.41) is 0. The van der Waals surface area contributed by atoms with E-state index in [1.54, 1.807) is 26.4 Å². The molecule has 2 heterocycles. The number of rotatable bonds is 4. The number of hydrogen-bond donors (Lipinski definition) is 0. The Balaban J connectivity index is 1.80. The largest absolute Gasteiger partial charge is 0.318 e. The van der Waals surface area contributed by atoms with Gasteiger partial charge in [0.15, 0.2) is 0 Å². The van der Waals surface area contributed by atoms with Crippen LogP contribution in [0.25, 0.3) is 0 Å². The molecule has 0 radical (unpaired) electrons. The Morgan fingerprint density at radius 2 is 1.88 bits per heavy atom. The van der Waals surface area contributed by atoms with Crippen molar-refractivity contribution in [3.05, 3.63) is 69.6 Å². The maximum Gasteiger partial charge on any atom is 0.282 e. The highest BCUT2D eigenvalue weighted by atomic mass is 32.2. The fourth-order valence-electron chi connectivity index (χ4n) is 2.93. The molecule has 0 saturated heterocycles. The Bertz CT molecular complexity index is 891. The van der Waals surface area contributed by atoms with E-state index in [1.807, 2.05) is 30.3 Å². The lowest BCUT2D eigenvalue weighted by molar-refractivity contribution is 0.341. The summed E-state index contributed by atoms with van der Waals surface area (Å²) >= 11 is 0. The standard InChI is InChI=1S/C17H21N3O3S/c1-18-12-16-13-20(9-8-15(16)10-17(18)21)24(22,23)19(2)11-14-6-4-3-5-7-14/h3-7,10,12H,8-9,11,13H2,1-2H3. The van der Waals surface area contributed by atoms with Crippen molar-refractivity contribution in [2.24, 2.45) is 7.05 Å². The number of pyridine rings is 1. The highest BCUT2D eigenvalue weighted by Gasteiger charge is 2.30. The molecule has 0 saturated carbocycles. The van der Waals surface area contributed by atoms with Crippen molar-refractivity contribution in [3.63, 3.8) is 0 Å². The van der Waals surface area contributed by atoms with Crippen molar-refractivity contribution < 1.29 is 8.42 Å². The topological polar surface area (TPSA) is 62.6 Å². The van der Waals surface area contributed by atoms with Gasteiger partial charge in [0.05, 0.1) is 0 Å². The van der Waals surface area contributed by atoms with Gasteiger partial charge in [-0.1, -0.05) is 30.3 Å². The van der Waals surface area contributed by atoms with Crippen LogP contribution in [0.3, 0.4) is 0 Å². The predicted octanol–water partition coefficient (Wildman–Crippen LogP) is 1.12. The van der Waals surface area contributed by atoms with E-state index in [4.69, 9.17) is 0 Å². The van der Waals surface area contributed by atoms with Crippen LogP contribution in [0.2, 0.25) is 0 Å². The van der Waals surface area contributed by atoms with Crippen LogP contribution >= 0.6 is 0 Å². The maximum absolute atomic E-state index is 12.8. The zero-order valence-corrected chi connectivity index (χ0v) is 14.7. The lowest BCUT2D eigenvalue weighted by Gasteiger charge is -2.31. The number of aryl methyl sites for hydroxylation is 1. The van der Waals surface area contributed by atoms with Gasteiger partial charge in [-0.25, -0.2) is 0 Å². The number of hydrogen-bond acceptors (Lipinski definition) is 3. The zero-order valence-electron chi connectivity index (χ0n) is 13.8. The summed E-state index contributed by atoms with van der Waals surface area (Å²) < 4.78 is 30.0. The van der Waals surface area contributed by atoms with E-state index in [9.17, 15) is 13.2 Å². The molecule has 128 valence electrons. The van der Waals surface area contributed by atoms with E-state index < -0.39 is 10.2 Å². The number of fused-ring (bicyclic) bond motifs is 1. The van der Waals surface area contributed by atoms with Crippen LogP contribution in [0, 0.1) is 0 Å². The first-order chi connectivity index (χ1) is 11.4. The lowest BCUT2D eigenvalue weighted by atomic mass is 10.0.